The molecule has 1 aliphatic carbocycles. The third-order valence-corrected chi connectivity index (χ3v) is 2.97. The zero-order valence-corrected chi connectivity index (χ0v) is 8.41. The maximum absolute atomic E-state index is 9.83. The predicted molar refractivity (Wildman–Crippen MR) is 53.8 cm³/mol. The van der Waals surface area contributed by atoms with Gasteiger partial charge < -0.3 is 5.11 Å². The number of benzene rings is 1. The van der Waals surface area contributed by atoms with E-state index in [2.05, 4.69) is 19.9 Å². The van der Waals surface area contributed by atoms with Crippen LogP contribution in [0.4, 0.5) is 0 Å². The fourth-order valence-corrected chi connectivity index (χ4v) is 2.23. The van der Waals surface area contributed by atoms with Gasteiger partial charge in [0.05, 0.1) is 17.7 Å². The zero-order chi connectivity index (χ0) is 10.3. The van der Waals surface area contributed by atoms with E-state index in [-0.39, 0.29) is 5.41 Å². The van der Waals surface area contributed by atoms with Crippen molar-refractivity contribution in [3.63, 3.8) is 0 Å². The molecular weight excluding hydrogens is 174 g/mol. The van der Waals surface area contributed by atoms with Gasteiger partial charge in [-0.2, -0.15) is 5.26 Å². The summed E-state index contributed by atoms with van der Waals surface area (Å²) in [4.78, 5) is 0. The number of aliphatic hydroxyl groups is 1. The Labute approximate surface area is 83.8 Å². The van der Waals surface area contributed by atoms with E-state index in [9.17, 15) is 5.11 Å². The molecule has 0 radical (unpaired) electrons. The van der Waals surface area contributed by atoms with E-state index in [1.807, 2.05) is 12.1 Å². The smallest absolute Gasteiger partial charge is 0.0991 e. The standard InChI is InChI=1S/C12H13NO/c1-12(2)6-11(14)9-5-8(7-13)3-4-10(9)12/h3-5,11,14H,6H2,1-2H3. The molecule has 1 aromatic carbocycles. The number of nitrogens with zero attached hydrogens (tertiary/aromatic N) is 1. The lowest BCUT2D eigenvalue weighted by Gasteiger charge is -2.18. The van der Waals surface area contributed by atoms with Gasteiger partial charge in [0, 0.05) is 0 Å². The second kappa shape index (κ2) is 2.83. The molecular formula is C12H13NO. The van der Waals surface area contributed by atoms with Gasteiger partial charge in [0.25, 0.3) is 0 Å². The van der Waals surface area contributed by atoms with E-state index in [0.717, 1.165) is 12.0 Å². The van der Waals surface area contributed by atoms with Crippen molar-refractivity contribution in [1.82, 2.24) is 0 Å². The van der Waals surface area contributed by atoms with Gasteiger partial charge in [-0.15, -0.1) is 0 Å². The van der Waals surface area contributed by atoms with Crippen LogP contribution in [-0.4, -0.2) is 5.11 Å². The molecule has 0 fully saturated rings. The molecule has 1 N–H and O–H groups in total. The van der Waals surface area contributed by atoms with Crippen molar-refractivity contribution in [2.24, 2.45) is 0 Å². The Morgan fingerprint density at radius 1 is 1.50 bits per heavy atom. The lowest BCUT2D eigenvalue weighted by Crippen LogP contribution is -2.12. The first kappa shape index (κ1) is 9.23. The number of nitriles is 1. The van der Waals surface area contributed by atoms with E-state index in [1.54, 1.807) is 6.07 Å². The van der Waals surface area contributed by atoms with Gasteiger partial charge in [-0.1, -0.05) is 19.9 Å². The fraction of sp³-hybridized carbons (Fsp3) is 0.417. The van der Waals surface area contributed by atoms with Crippen LogP contribution in [0.5, 0.6) is 0 Å². The molecule has 2 heteroatoms. The van der Waals surface area contributed by atoms with E-state index < -0.39 is 6.10 Å². The van der Waals surface area contributed by atoms with Crippen molar-refractivity contribution >= 4 is 0 Å². The first-order valence-corrected chi connectivity index (χ1v) is 4.77. The van der Waals surface area contributed by atoms with E-state index >= 15 is 0 Å². The van der Waals surface area contributed by atoms with Gasteiger partial charge in [-0.3, -0.25) is 0 Å². The summed E-state index contributed by atoms with van der Waals surface area (Å²) in [5, 5.41) is 18.6. The molecule has 0 aliphatic heterocycles. The van der Waals surface area contributed by atoms with E-state index in [0.29, 0.717) is 5.56 Å². The van der Waals surface area contributed by atoms with Crippen LogP contribution in [-0.2, 0) is 5.41 Å². The van der Waals surface area contributed by atoms with Crippen LogP contribution in [0.25, 0.3) is 0 Å². The highest BCUT2D eigenvalue weighted by molar-refractivity contribution is 5.45. The van der Waals surface area contributed by atoms with Gasteiger partial charge in [-0.05, 0) is 35.1 Å². The van der Waals surface area contributed by atoms with Crippen molar-refractivity contribution in [2.75, 3.05) is 0 Å². The van der Waals surface area contributed by atoms with Gasteiger partial charge in [0.15, 0.2) is 0 Å². The number of hydrogen-bond donors (Lipinski definition) is 1. The van der Waals surface area contributed by atoms with Crippen molar-refractivity contribution in [2.45, 2.75) is 31.8 Å². The topological polar surface area (TPSA) is 44.0 Å². The molecule has 2 nitrogen and oxygen atoms in total. The average Bonchev–Trinajstić information content (AvgIpc) is 2.37. The second-order valence-corrected chi connectivity index (χ2v) is 4.52. The minimum atomic E-state index is -0.409. The van der Waals surface area contributed by atoms with Crippen LogP contribution < -0.4 is 0 Å². The van der Waals surface area contributed by atoms with Crippen molar-refractivity contribution in [1.29, 1.82) is 5.26 Å². The third-order valence-electron chi connectivity index (χ3n) is 2.97. The van der Waals surface area contributed by atoms with Crippen molar-refractivity contribution in [3.8, 4) is 6.07 Å². The molecule has 1 aromatic rings. The van der Waals surface area contributed by atoms with Crippen LogP contribution in [0.2, 0.25) is 0 Å². The van der Waals surface area contributed by atoms with Crippen LogP contribution in [0, 0.1) is 11.3 Å². The minimum Gasteiger partial charge on any atom is -0.388 e. The van der Waals surface area contributed by atoms with Gasteiger partial charge in [0.1, 0.15) is 0 Å². The summed E-state index contributed by atoms with van der Waals surface area (Å²) in [6.45, 7) is 4.24. The molecule has 1 unspecified atom stereocenters. The summed E-state index contributed by atoms with van der Waals surface area (Å²) < 4.78 is 0. The van der Waals surface area contributed by atoms with E-state index in [4.69, 9.17) is 5.26 Å². The molecule has 0 spiro atoms. The van der Waals surface area contributed by atoms with E-state index in [1.165, 1.54) is 5.56 Å². The Morgan fingerprint density at radius 2 is 2.21 bits per heavy atom. The van der Waals surface area contributed by atoms with Crippen LogP contribution >= 0.6 is 0 Å². The molecule has 0 aromatic heterocycles. The first-order valence-electron chi connectivity index (χ1n) is 4.77. The summed E-state index contributed by atoms with van der Waals surface area (Å²) in [6.07, 6.45) is 0.338. The molecule has 0 amide bonds. The number of aliphatic hydroxyl groups excluding tert-OH is 1. The van der Waals surface area contributed by atoms with Crippen molar-refractivity contribution in [3.05, 3.63) is 34.9 Å². The summed E-state index contributed by atoms with van der Waals surface area (Å²) in [5.74, 6) is 0. The first-order chi connectivity index (χ1) is 6.54. The fourth-order valence-electron chi connectivity index (χ4n) is 2.23. The third kappa shape index (κ3) is 1.21. The second-order valence-electron chi connectivity index (χ2n) is 4.52. The number of hydrogen-bond acceptors (Lipinski definition) is 2. The SMILES string of the molecule is CC1(C)CC(O)c2cc(C#N)ccc21. The number of rotatable bonds is 0. The Hall–Kier alpha value is -1.33. The van der Waals surface area contributed by atoms with Crippen LogP contribution in [0.1, 0.15) is 43.1 Å². The molecule has 0 heterocycles. The average molecular weight is 187 g/mol. The van der Waals surface area contributed by atoms with Crippen molar-refractivity contribution < 1.29 is 5.11 Å². The number of fused-ring (bicyclic) bond motifs is 1. The van der Waals surface area contributed by atoms with Gasteiger partial charge >= 0.3 is 0 Å². The molecule has 72 valence electrons. The maximum Gasteiger partial charge on any atom is 0.0991 e. The summed E-state index contributed by atoms with van der Waals surface area (Å²) in [7, 11) is 0. The Morgan fingerprint density at radius 3 is 2.86 bits per heavy atom. The molecule has 2 rings (SSSR count). The summed E-state index contributed by atoms with van der Waals surface area (Å²) in [5.41, 5.74) is 2.75. The summed E-state index contributed by atoms with van der Waals surface area (Å²) in [6, 6.07) is 7.67. The van der Waals surface area contributed by atoms with Gasteiger partial charge in [0.2, 0.25) is 0 Å². The Bertz CT molecular complexity index is 415. The largest absolute Gasteiger partial charge is 0.388 e. The van der Waals surface area contributed by atoms with Crippen LogP contribution in [0.3, 0.4) is 0 Å². The Balaban J connectivity index is 2.59. The summed E-state index contributed by atoms with van der Waals surface area (Å²) >= 11 is 0. The predicted octanol–water partition coefficient (Wildman–Crippen LogP) is 2.27. The van der Waals surface area contributed by atoms with Gasteiger partial charge in [-0.25, -0.2) is 0 Å². The normalized spacial score (nSPS) is 22.9. The highest BCUT2D eigenvalue weighted by Crippen LogP contribution is 2.44. The quantitative estimate of drug-likeness (QED) is 0.677. The zero-order valence-electron chi connectivity index (χ0n) is 8.41. The van der Waals surface area contributed by atoms with Crippen LogP contribution in [0.15, 0.2) is 18.2 Å². The Kier molecular flexibility index (Phi) is 1.87. The monoisotopic (exact) mass is 187 g/mol. The lowest BCUT2D eigenvalue weighted by molar-refractivity contribution is 0.161. The molecule has 0 saturated carbocycles. The minimum absolute atomic E-state index is 0.0305. The molecule has 1 atom stereocenters. The molecule has 0 saturated heterocycles. The lowest BCUT2D eigenvalue weighted by atomic mass is 9.86. The molecule has 0 bridgehead atoms. The highest BCUT2D eigenvalue weighted by atomic mass is 16.3. The molecule has 1 aliphatic rings. The highest BCUT2D eigenvalue weighted by Gasteiger charge is 2.35. The molecule has 14 heavy (non-hydrogen) atoms. The maximum atomic E-state index is 9.83.